The Morgan fingerprint density at radius 3 is 2.68 bits per heavy atom. The minimum atomic E-state index is -1.14. The summed E-state index contributed by atoms with van der Waals surface area (Å²) in [6.45, 7) is 1.75. The number of benzene rings is 1. The third-order valence-electron chi connectivity index (χ3n) is 2.67. The Kier molecular flexibility index (Phi) is 3.35. The van der Waals surface area contributed by atoms with Crippen LogP contribution in [0.1, 0.15) is 16.1 Å². The summed E-state index contributed by atoms with van der Waals surface area (Å²) < 4.78 is 5.03. The van der Waals surface area contributed by atoms with Gasteiger partial charge in [0.25, 0.3) is 0 Å². The Labute approximate surface area is 113 Å². The van der Waals surface area contributed by atoms with Gasteiger partial charge in [0.1, 0.15) is 5.69 Å². The van der Waals surface area contributed by atoms with Gasteiger partial charge in [-0.2, -0.15) is 5.10 Å². The molecular formula is C12H11ClN2O4. The number of ether oxygens (including phenoxy) is 1. The average molecular weight is 283 g/mol. The highest BCUT2D eigenvalue weighted by Gasteiger charge is 2.20. The van der Waals surface area contributed by atoms with E-state index in [0.29, 0.717) is 10.6 Å². The van der Waals surface area contributed by atoms with Crippen molar-refractivity contribution in [3.05, 3.63) is 28.4 Å². The smallest absolute Gasteiger partial charge is 0.353 e. The fourth-order valence-corrected chi connectivity index (χ4v) is 1.94. The lowest BCUT2D eigenvalue weighted by molar-refractivity contribution is 0.0690. The van der Waals surface area contributed by atoms with Crippen LogP contribution in [0.4, 0.5) is 0 Å². The maximum atomic E-state index is 10.8. The number of nitrogens with zero attached hydrogens (tertiary/aromatic N) is 1. The number of aromatic hydroxyl groups is 1. The Balaban J connectivity index is 2.66. The van der Waals surface area contributed by atoms with E-state index in [0.717, 1.165) is 0 Å². The van der Waals surface area contributed by atoms with E-state index >= 15 is 0 Å². The summed E-state index contributed by atoms with van der Waals surface area (Å²) in [6.07, 6.45) is 0. The Bertz CT molecular complexity index is 651. The van der Waals surface area contributed by atoms with Crippen molar-refractivity contribution in [1.29, 1.82) is 0 Å². The largest absolute Gasteiger partial charge is 0.504 e. The molecule has 0 spiro atoms. The van der Waals surface area contributed by atoms with Gasteiger partial charge in [-0.1, -0.05) is 11.6 Å². The van der Waals surface area contributed by atoms with Crippen LogP contribution in [-0.2, 0) is 0 Å². The summed E-state index contributed by atoms with van der Waals surface area (Å²) in [6, 6.07) is 2.88. The maximum absolute atomic E-state index is 10.8. The van der Waals surface area contributed by atoms with Gasteiger partial charge in [-0.25, -0.2) is 4.79 Å². The number of aromatic nitrogens is 2. The molecule has 1 aromatic heterocycles. The van der Waals surface area contributed by atoms with Gasteiger partial charge >= 0.3 is 5.97 Å². The first-order valence-electron chi connectivity index (χ1n) is 5.30. The van der Waals surface area contributed by atoms with Crippen molar-refractivity contribution < 1.29 is 19.7 Å². The summed E-state index contributed by atoms with van der Waals surface area (Å²) in [5.74, 6) is -1.08. The molecule has 19 heavy (non-hydrogen) atoms. The first kappa shape index (κ1) is 13.2. The number of phenolic OH excluding ortho intramolecular Hbond substituents is 1. The summed E-state index contributed by atoms with van der Waals surface area (Å²) in [4.78, 5) is 10.8. The fourth-order valence-electron chi connectivity index (χ4n) is 1.70. The first-order valence-corrected chi connectivity index (χ1v) is 5.68. The standard InChI is InChI=1S/C12H11ClN2O4/c1-5-3-8(19-2)11(16)9(10(5)13)6-4-7(12(17)18)15-14-6/h3-4,16H,1-2H3,(H,14,15)(H,17,18). The average Bonchev–Trinajstić information content (AvgIpc) is 2.83. The molecule has 0 saturated carbocycles. The van der Waals surface area contributed by atoms with Gasteiger partial charge in [0, 0.05) is 0 Å². The number of carboxylic acids is 1. The van der Waals surface area contributed by atoms with Crippen LogP contribution >= 0.6 is 11.6 Å². The molecule has 0 amide bonds. The molecule has 0 aliphatic heterocycles. The van der Waals surface area contributed by atoms with Crippen molar-refractivity contribution in [2.24, 2.45) is 0 Å². The van der Waals surface area contributed by atoms with E-state index in [4.69, 9.17) is 21.4 Å². The molecule has 0 aliphatic carbocycles. The number of H-pyrrole nitrogens is 1. The Morgan fingerprint density at radius 1 is 1.47 bits per heavy atom. The van der Waals surface area contributed by atoms with Crippen molar-refractivity contribution in [2.75, 3.05) is 7.11 Å². The SMILES string of the molecule is COc1cc(C)c(Cl)c(-c2cc(C(=O)O)[nH]n2)c1O. The molecule has 0 radical (unpaired) electrons. The maximum Gasteiger partial charge on any atom is 0.353 e. The van der Waals surface area contributed by atoms with Gasteiger partial charge in [-0.15, -0.1) is 0 Å². The van der Waals surface area contributed by atoms with Crippen LogP contribution in [0.25, 0.3) is 11.3 Å². The molecule has 0 aliphatic rings. The molecule has 1 heterocycles. The van der Waals surface area contributed by atoms with Crippen LogP contribution in [0, 0.1) is 6.92 Å². The lowest BCUT2D eigenvalue weighted by atomic mass is 10.1. The van der Waals surface area contributed by atoms with E-state index in [1.807, 2.05) is 0 Å². The van der Waals surface area contributed by atoms with Gasteiger partial charge in [-0.05, 0) is 24.6 Å². The first-order chi connectivity index (χ1) is 8.95. The van der Waals surface area contributed by atoms with Gasteiger partial charge in [0.05, 0.1) is 23.4 Å². The molecule has 2 aromatic rings. The van der Waals surface area contributed by atoms with Gasteiger partial charge < -0.3 is 14.9 Å². The van der Waals surface area contributed by atoms with Crippen LogP contribution in [0.3, 0.4) is 0 Å². The quantitative estimate of drug-likeness (QED) is 0.803. The van der Waals surface area contributed by atoms with Crippen LogP contribution in [0.15, 0.2) is 12.1 Å². The van der Waals surface area contributed by atoms with Crippen molar-refractivity contribution >= 4 is 17.6 Å². The molecule has 7 heteroatoms. The fraction of sp³-hybridized carbons (Fsp3) is 0.167. The Hall–Kier alpha value is -2.21. The predicted molar refractivity (Wildman–Crippen MR) is 68.9 cm³/mol. The molecule has 1 aromatic carbocycles. The van der Waals surface area contributed by atoms with Crippen LogP contribution in [-0.4, -0.2) is 33.5 Å². The van der Waals surface area contributed by atoms with Crippen LogP contribution < -0.4 is 4.74 Å². The number of methoxy groups -OCH3 is 1. The van der Waals surface area contributed by atoms with Crippen molar-refractivity contribution in [3.8, 4) is 22.8 Å². The molecule has 0 unspecified atom stereocenters. The number of aromatic amines is 1. The van der Waals surface area contributed by atoms with Crippen molar-refractivity contribution in [2.45, 2.75) is 6.92 Å². The zero-order valence-electron chi connectivity index (χ0n) is 10.2. The van der Waals surface area contributed by atoms with Gasteiger partial charge in [0.15, 0.2) is 11.5 Å². The van der Waals surface area contributed by atoms with E-state index in [1.165, 1.54) is 13.2 Å². The number of halogens is 1. The molecule has 100 valence electrons. The summed E-state index contributed by atoms with van der Waals surface area (Å²) in [7, 11) is 1.42. The predicted octanol–water partition coefficient (Wildman–Crippen LogP) is 2.45. The molecule has 0 saturated heterocycles. The third kappa shape index (κ3) is 2.22. The number of carbonyl (C=O) groups is 1. The second-order valence-electron chi connectivity index (χ2n) is 3.91. The molecular weight excluding hydrogens is 272 g/mol. The topological polar surface area (TPSA) is 95.4 Å². The number of aryl methyl sites for hydroxylation is 1. The van der Waals surface area contributed by atoms with Gasteiger partial charge in [0.2, 0.25) is 0 Å². The van der Waals surface area contributed by atoms with Crippen LogP contribution in [0.5, 0.6) is 11.5 Å². The minimum absolute atomic E-state index is 0.0917. The van der Waals surface area contributed by atoms with E-state index in [-0.39, 0.29) is 28.5 Å². The number of hydrogen-bond donors (Lipinski definition) is 3. The minimum Gasteiger partial charge on any atom is -0.504 e. The molecule has 2 rings (SSSR count). The lowest BCUT2D eigenvalue weighted by Gasteiger charge is -2.11. The number of rotatable bonds is 3. The third-order valence-corrected chi connectivity index (χ3v) is 3.15. The van der Waals surface area contributed by atoms with E-state index in [1.54, 1.807) is 13.0 Å². The molecule has 0 fully saturated rings. The highest BCUT2D eigenvalue weighted by Crippen LogP contribution is 2.43. The molecule has 0 atom stereocenters. The van der Waals surface area contributed by atoms with Gasteiger partial charge in [-0.3, -0.25) is 5.10 Å². The van der Waals surface area contributed by atoms with Crippen molar-refractivity contribution in [3.63, 3.8) is 0 Å². The summed E-state index contributed by atoms with van der Waals surface area (Å²) >= 11 is 6.13. The monoisotopic (exact) mass is 282 g/mol. The molecule has 0 bridgehead atoms. The zero-order chi connectivity index (χ0) is 14.2. The van der Waals surface area contributed by atoms with E-state index < -0.39 is 5.97 Å². The number of carboxylic acid groups (broad SMARTS) is 1. The second kappa shape index (κ2) is 4.81. The summed E-state index contributed by atoms with van der Waals surface area (Å²) in [5, 5.41) is 25.4. The highest BCUT2D eigenvalue weighted by atomic mass is 35.5. The highest BCUT2D eigenvalue weighted by molar-refractivity contribution is 6.34. The number of nitrogens with one attached hydrogen (secondary N) is 1. The zero-order valence-corrected chi connectivity index (χ0v) is 10.9. The molecule has 3 N–H and O–H groups in total. The Morgan fingerprint density at radius 2 is 2.16 bits per heavy atom. The van der Waals surface area contributed by atoms with E-state index in [2.05, 4.69) is 10.2 Å². The van der Waals surface area contributed by atoms with Crippen LogP contribution in [0.2, 0.25) is 5.02 Å². The number of hydrogen-bond acceptors (Lipinski definition) is 4. The van der Waals surface area contributed by atoms with Crippen molar-refractivity contribution in [1.82, 2.24) is 10.2 Å². The number of aromatic carboxylic acids is 1. The second-order valence-corrected chi connectivity index (χ2v) is 4.28. The normalized spacial score (nSPS) is 10.5. The molecule has 6 nitrogen and oxygen atoms in total. The summed E-state index contributed by atoms with van der Waals surface area (Å²) in [5.41, 5.74) is 1.07. The number of phenols is 1. The lowest BCUT2D eigenvalue weighted by Crippen LogP contribution is -1.95. The van der Waals surface area contributed by atoms with E-state index in [9.17, 15) is 9.90 Å².